The zero-order valence-corrected chi connectivity index (χ0v) is 9.99. The molecule has 88 valence electrons. The lowest BCUT2D eigenvalue weighted by Crippen LogP contribution is -2.37. The Hall–Kier alpha value is -0.770. The maximum absolute atomic E-state index is 5.74. The van der Waals surface area contributed by atoms with Crippen molar-refractivity contribution >= 4 is 5.96 Å². The van der Waals surface area contributed by atoms with Crippen LogP contribution in [0.2, 0.25) is 0 Å². The number of hydrogen-bond acceptors (Lipinski definition) is 2. The molecule has 0 heterocycles. The van der Waals surface area contributed by atoms with Gasteiger partial charge in [0, 0.05) is 25.6 Å². The number of nitrogens with two attached hydrogens (primary N) is 1. The molecule has 2 atom stereocenters. The third-order valence-electron chi connectivity index (χ3n) is 2.82. The molecule has 0 spiro atoms. The van der Waals surface area contributed by atoms with Gasteiger partial charge in [0.15, 0.2) is 5.96 Å². The number of methoxy groups -OCH3 is 1. The minimum atomic E-state index is 0.343. The second kappa shape index (κ2) is 5.95. The highest BCUT2D eigenvalue weighted by Gasteiger charge is 2.26. The van der Waals surface area contributed by atoms with Crippen molar-refractivity contribution in [1.82, 2.24) is 5.32 Å². The second-order valence-corrected chi connectivity index (χ2v) is 4.49. The quantitative estimate of drug-likeness (QED) is 0.543. The van der Waals surface area contributed by atoms with E-state index in [1.165, 1.54) is 12.8 Å². The fourth-order valence-electron chi connectivity index (χ4n) is 2.08. The third kappa shape index (κ3) is 4.08. The summed E-state index contributed by atoms with van der Waals surface area (Å²) in [5.41, 5.74) is 5.74. The predicted octanol–water partition coefficient (Wildman–Crippen LogP) is 1.11. The van der Waals surface area contributed by atoms with E-state index < -0.39 is 0 Å². The largest absolute Gasteiger partial charge is 0.381 e. The van der Waals surface area contributed by atoms with Crippen LogP contribution in [0.3, 0.4) is 0 Å². The molecule has 1 saturated carbocycles. The summed E-state index contributed by atoms with van der Waals surface area (Å²) in [7, 11) is 1.78. The van der Waals surface area contributed by atoms with Crippen molar-refractivity contribution < 1.29 is 4.74 Å². The summed E-state index contributed by atoms with van der Waals surface area (Å²) in [5.74, 6) is 1.09. The van der Waals surface area contributed by atoms with Gasteiger partial charge in [0.2, 0.25) is 0 Å². The highest BCUT2D eigenvalue weighted by atomic mass is 16.5. The fraction of sp³-hybridized carbons (Fsp3) is 0.909. The van der Waals surface area contributed by atoms with Crippen LogP contribution in [0.5, 0.6) is 0 Å². The van der Waals surface area contributed by atoms with Gasteiger partial charge >= 0.3 is 0 Å². The summed E-state index contributed by atoms with van der Waals surface area (Å²) >= 11 is 0. The standard InChI is InChI=1S/C11H23N3O/c1-8(2)14-11(12)13-7-9-5-4-6-10(9)15-3/h8-10H,4-7H2,1-3H3,(H3,12,13,14). The average Bonchev–Trinajstić information content (AvgIpc) is 2.60. The van der Waals surface area contributed by atoms with E-state index in [1.807, 2.05) is 0 Å². The van der Waals surface area contributed by atoms with Gasteiger partial charge in [-0.3, -0.25) is 4.99 Å². The predicted molar refractivity (Wildman–Crippen MR) is 62.9 cm³/mol. The lowest BCUT2D eigenvalue weighted by Gasteiger charge is -2.16. The number of aliphatic imine (C=N–C) groups is 1. The Labute approximate surface area is 92.3 Å². The summed E-state index contributed by atoms with van der Waals surface area (Å²) in [6.07, 6.45) is 3.99. The van der Waals surface area contributed by atoms with Crippen molar-refractivity contribution in [2.24, 2.45) is 16.6 Å². The Morgan fingerprint density at radius 3 is 2.87 bits per heavy atom. The third-order valence-corrected chi connectivity index (χ3v) is 2.82. The SMILES string of the molecule is COC1CCCC1CN=C(N)NC(C)C. The molecule has 1 aliphatic rings. The number of nitrogens with one attached hydrogen (secondary N) is 1. The van der Waals surface area contributed by atoms with Gasteiger partial charge in [0.05, 0.1) is 6.10 Å². The van der Waals surface area contributed by atoms with Crippen molar-refractivity contribution in [3.63, 3.8) is 0 Å². The second-order valence-electron chi connectivity index (χ2n) is 4.49. The summed E-state index contributed by atoms with van der Waals surface area (Å²) in [4.78, 5) is 4.35. The molecular formula is C11H23N3O. The molecular weight excluding hydrogens is 190 g/mol. The lowest BCUT2D eigenvalue weighted by atomic mass is 10.1. The molecule has 0 radical (unpaired) electrons. The molecule has 0 aliphatic heterocycles. The van der Waals surface area contributed by atoms with Crippen LogP contribution < -0.4 is 11.1 Å². The van der Waals surface area contributed by atoms with Crippen molar-refractivity contribution in [3.8, 4) is 0 Å². The van der Waals surface area contributed by atoms with Crippen LogP contribution in [-0.4, -0.2) is 31.8 Å². The molecule has 0 aromatic carbocycles. The lowest BCUT2D eigenvalue weighted by molar-refractivity contribution is 0.0743. The first-order chi connectivity index (χ1) is 7.13. The number of nitrogens with zero attached hydrogens (tertiary/aromatic N) is 1. The Morgan fingerprint density at radius 1 is 1.53 bits per heavy atom. The van der Waals surface area contributed by atoms with E-state index in [9.17, 15) is 0 Å². The first-order valence-electron chi connectivity index (χ1n) is 5.72. The summed E-state index contributed by atoms with van der Waals surface area (Å²) < 4.78 is 5.41. The van der Waals surface area contributed by atoms with Crippen LogP contribution in [0.25, 0.3) is 0 Å². The van der Waals surface area contributed by atoms with E-state index in [2.05, 4.69) is 24.2 Å². The first kappa shape index (κ1) is 12.3. The normalized spacial score (nSPS) is 27.3. The summed E-state index contributed by atoms with van der Waals surface area (Å²) in [6.45, 7) is 4.88. The molecule has 1 aliphatic carbocycles. The van der Waals surface area contributed by atoms with E-state index in [0.29, 0.717) is 24.0 Å². The zero-order chi connectivity index (χ0) is 11.3. The highest BCUT2D eigenvalue weighted by Crippen LogP contribution is 2.27. The van der Waals surface area contributed by atoms with E-state index in [4.69, 9.17) is 10.5 Å². The van der Waals surface area contributed by atoms with Crippen LogP contribution in [0.1, 0.15) is 33.1 Å². The Kier molecular flexibility index (Phi) is 4.88. The molecule has 1 rings (SSSR count). The molecule has 1 fully saturated rings. The van der Waals surface area contributed by atoms with Crippen LogP contribution in [0.4, 0.5) is 0 Å². The van der Waals surface area contributed by atoms with Crippen molar-refractivity contribution in [1.29, 1.82) is 0 Å². The zero-order valence-electron chi connectivity index (χ0n) is 9.99. The van der Waals surface area contributed by atoms with Gasteiger partial charge in [-0.2, -0.15) is 0 Å². The number of hydrogen-bond donors (Lipinski definition) is 2. The minimum absolute atomic E-state index is 0.343. The molecule has 3 N–H and O–H groups in total. The van der Waals surface area contributed by atoms with Crippen LogP contribution >= 0.6 is 0 Å². The maximum atomic E-state index is 5.74. The summed E-state index contributed by atoms with van der Waals surface area (Å²) in [5, 5.41) is 3.09. The van der Waals surface area contributed by atoms with Gasteiger partial charge < -0.3 is 15.8 Å². The topological polar surface area (TPSA) is 59.6 Å². The minimum Gasteiger partial charge on any atom is -0.381 e. The average molecular weight is 213 g/mol. The molecule has 0 aromatic rings. The molecule has 0 aromatic heterocycles. The Balaban J connectivity index is 2.34. The van der Waals surface area contributed by atoms with Gasteiger partial charge in [-0.05, 0) is 26.7 Å². The van der Waals surface area contributed by atoms with E-state index in [0.717, 1.165) is 13.0 Å². The van der Waals surface area contributed by atoms with Crippen molar-refractivity contribution in [2.45, 2.75) is 45.3 Å². The van der Waals surface area contributed by atoms with Crippen molar-refractivity contribution in [3.05, 3.63) is 0 Å². The smallest absolute Gasteiger partial charge is 0.188 e. The van der Waals surface area contributed by atoms with E-state index in [-0.39, 0.29) is 0 Å². The first-order valence-corrected chi connectivity index (χ1v) is 5.72. The van der Waals surface area contributed by atoms with Crippen LogP contribution in [0, 0.1) is 5.92 Å². The van der Waals surface area contributed by atoms with Gasteiger partial charge in [-0.15, -0.1) is 0 Å². The molecule has 4 nitrogen and oxygen atoms in total. The van der Waals surface area contributed by atoms with E-state index >= 15 is 0 Å². The van der Waals surface area contributed by atoms with Crippen LogP contribution in [0.15, 0.2) is 4.99 Å². The molecule has 0 saturated heterocycles. The Bertz CT molecular complexity index is 216. The van der Waals surface area contributed by atoms with Gasteiger partial charge in [0.1, 0.15) is 0 Å². The van der Waals surface area contributed by atoms with Gasteiger partial charge in [-0.25, -0.2) is 0 Å². The fourth-order valence-corrected chi connectivity index (χ4v) is 2.08. The number of rotatable bonds is 4. The molecule has 2 unspecified atom stereocenters. The number of guanidine groups is 1. The van der Waals surface area contributed by atoms with Gasteiger partial charge in [0.25, 0.3) is 0 Å². The summed E-state index contributed by atoms with van der Waals surface area (Å²) in [6, 6.07) is 0.343. The Morgan fingerprint density at radius 2 is 2.27 bits per heavy atom. The molecule has 0 amide bonds. The monoisotopic (exact) mass is 213 g/mol. The molecule has 0 bridgehead atoms. The highest BCUT2D eigenvalue weighted by molar-refractivity contribution is 5.78. The van der Waals surface area contributed by atoms with Crippen LogP contribution in [-0.2, 0) is 4.74 Å². The maximum Gasteiger partial charge on any atom is 0.188 e. The van der Waals surface area contributed by atoms with E-state index in [1.54, 1.807) is 7.11 Å². The molecule has 4 heteroatoms. The van der Waals surface area contributed by atoms with Gasteiger partial charge in [-0.1, -0.05) is 6.42 Å². The van der Waals surface area contributed by atoms with Crippen molar-refractivity contribution in [2.75, 3.05) is 13.7 Å². The number of ether oxygens (including phenoxy) is 1. The molecule has 15 heavy (non-hydrogen) atoms.